The van der Waals surface area contributed by atoms with Crippen LogP contribution in [0.1, 0.15) is 23.2 Å². The number of nitrogens with zero attached hydrogens (tertiary/aromatic N) is 2. The minimum atomic E-state index is -0.277. The Morgan fingerprint density at radius 3 is 2.95 bits per heavy atom. The summed E-state index contributed by atoms with van der Waals surface area (Å²) in [6.45, 7) is 1.70. The highest BCUT2D eigenvalue weighted by Crippen LogP contribution is 2.23. The number of H-pyrrole nitrogens is 1. The topological polar surface area (TPSA) is 73.5 Å². The van der Waals surface area contributed by atoms with Gasteiger partial charge < -0.3 is 14.8 Å². The van der Waals surface area contributed by atoms with Gasteiger partial charge in [-0.25, -0.2) is 0 Å². The van der Waals surface area contributed by atoms with E-state index in [0.29, 0.717) is 31.6 Å². The third kappa shape index (κ3) is 2.14. The van der Waals surface area contributed by atoms with Crippen molar-refractivity contribution in [2.24, 2.45) is 0 Å². The van der Waals surface area contributed by atoms with Crippen LogP contribution in [0.5, 0.6) is 0 Å². The lowest BCUT2D eigenvalue weighted by atomic mass is 10.1. The number of nitrogens with one attached hydrogen (secondary N) is 1. The molecule has 1 atom stereocenters. The minimum absolute atomic E-state index is 0.134. The Morgan fingerprint density at radius 1 is 1.32 bits per heavy atom. The van der Waals surface area contributed by atoms with Gasteiger partial charge in [0.25, 0.3) is 5.91 Å². The first-order valence-corrected chi connectivity index (χ1v) is 6.42. The minimum Gasteiger partial charge on any atom is -0.336 e. The normalized spacial score (nSPS) is 22.5. The van der Waals surface area contributed by atoms with Gasteiger partial charge in [-0.3, -0.25) is 14.4 Å². The third-order valence-electron chi connectivity index (χ3n) is 3.80. The molecule has 19 heavy (non-hydrogen) atoms. The summed E-state index contributed by atoms with van der Waals surface area (Å²) in [6, 6.07) is 3.07. The Labute approximate surface area is 110 Å². The van der Waals surface area contributed by atoms with Crippen molar-refractivity contribution in [2.45, 2.75) is 18.9 Å². The molecule has 2 fully saturated rings. The van der Waals surface area contributed by atoms with Crippen LogP contribution in [0.15, 0.2) is 23.1 Å². The van der Waals surface area contributed by atoms with Crippen molar-refractivity contribution < 1.29 is 9.59 Å². The number of fused-ring (bicyclic) bond motifs is 1. The molecule has 0 aromatic carbocycles. The molecule has 1 aromatic rings. The summed E-state index contributed by atoms with van der Waals surface area (Å²) in [5.41, 5.74) is 0.127. The van der Waals surface area contributed by atoms with E-state index in [4.69, 9.17) is 0 Å². The van der Waals surface area contributed by atoms with Crippen molar-refractivity contribution in [3.63, 3.8) is 0 Å². The van der Waals surface area contributed by atoms with Crippen molar-refractivity contribution in [3.05, 3.63) is 34.2 Å². The van der Waals surface area contributed by atoms with Crippen LogP contribution in [-0.4, -0.2) is 52.3 Å². The Bertz CT molecular complexity index is 580. The summed E-state index contributed by atoms with van der Waals surface area (Å²) in [5.74, 6) is 0.0540. The Kier molecular flexibility index (Phi) is 2.85. The molecule has 0 radical (unpaired) electrons. The van der Waals surface area contributed by atoms with Crippen LogP contribution < -0.4 is 5.56 Å². The first-order valence-electron chi connectivity index (χ1n) is 6.42. The summed E-state index contributed by atoms with van der Waals surface area (Å²) in [4.78, 5) is 41.2. The monoisotopic (exact) mass is 261 g/mol. The smallest absolute Gasteiger partial charge is 0.254 e. The molecule has 100 valence electrons. The number of piperazine rings is 1. The number of carbonyl (C=O) groups excluding carboxylic acids is 2. The Morgan fingerprint density at radius 2 is 2.16 bits per heavy atom. The number of hydrogen-bond donors (Lipinski definition) is 1. The molecule has 2 amide bonds. The molecule has 6 heteroatoms. The predicted octanol–water partition coefficient (Wildman–Crippen LogP) is -0.178. The highest BCUT2D eigenvalue weighted by atomic mass is 16.2. The van der Waals surface area contributed by atoms with Gasteiger partial charge in [0.05, 0.1) is 0 Å². The van der Waals surface area contributed by atoms with Crippen LogP contribution in [0.2, 0.25) is 0 Å². The Balaban J connectivity index is 1.75. The summed E-state index contributed by atoms with van der Waals surface area (Å²) in [6.07, 6.45) is 2.88. The second-order valence-electron chi connectivity index (χ2n) is 4.97. The van der Waals surface area contributed by atoms with Gasteiger partial charge in [0.2, 0.25) is 11.5 Å². The van der Waals surface area contributed by atoms with Crippen molar-refractivity contribution in [1.82, 2.24) is 14.8 Å². The van der Waals surface area contributed by atoms with Crippen molar-refractivity contribution in [2.75, 3.05) is 19.6 Å². The quantitative estimate of drug-likeness (QED) is 0.762. The highest BCUT2D eigenvalue weighted by molar-refractivity contribution is 5.94. The number of aromatic amines is 1. The van der Waals surface area contributed by atoms with Gasteiger partial charge in [-0.05, 0) is 12.5 Å². The van der Waals surface area contributed by atoms with Crippen LogP contribution in [0, 0.1) is 0 Å². The maximum Gasteiger partial charge on any atom is 0.254 e. The standard InChI is InChI=1S/C13H15N3O3/c17-11-7-9(3-4-14-11)13(19)15-5-6-16-10(8-15)1-2-12(16)18/h3-4,7,10H,1-2,5-6,8H2,(H,14,17). The van der Waals surface area contributed by atoms with E-state index in [2.05, 4.69) is 4.98 Å². The van der Waals surface area contributed by atoms with Crippen LogP contribution in [-0.2, 0) is 4.79 Å². The molecule has 0 bridgehead atoms. The molecule has 2 saturated heterocycles. The van der Waals surface area contributed by atoms with E-state index in [9.17, 15) is 14.4 Å². The van der Waals surface area contributed by atoms with Gasteiger partial charge in [-0.15, -0.1) is 0 Å². The van der Waals surface area contributed by atoms with E-state index in [1.165, 1.54) is 12.3 Å². The van der Waals surface area contributed by atoms with Crippen molar-refractivity contribution in [3.8, 4) is 0 Å². The van der Waals surface area contributed by atoms with Gasteiger partial charge >= 0.3 is 0 Å². The van der Waals surface area contributed by atoms with E-state index in [-0.39, 0.29) is 23.4 Å². The molecule has 0 spiro atoms. The Hall–Kier alpha value is -2.11. The lowest BCUT2D eigenvalue weighted by Gasteiger charge is -2.37. The molecule has 0 aliphatic carbocycles. The van der Waals surface area contributed by atoms with Gasteiger partial charge in [-0.2, -0.15) is 0 Å². The second kappa shape index (κ2) is 4.53. The van der Waals surface area contributed by atoms with Crippen LogP contribution >= 0.6 is 0 Å². The van der Waals surface area contributed by atoms with Gasteiger partial charge in [0.15, 0.2) is 0 Å². The molecular weight excluding hydrogens is 246 g/mol. The zero-order valence-electron chi connectivity index (χ0n) is 10.5. The lowest BCUT2D eigenvalue weighted by molar-refractivity contribution is -0.130. The molecule has 2 aliphatic heterocycles. The molecule has 2 aliphatic rings. The van der Waals surface area contributed by atoms with Crippen LogP contribution in [0.3, 0.4) is 0 Å². The van der Waals surface area contributed by atoms with E-state index in [1.807, 2.05) is 4.90 Å². The van der Waals surface area contributed by atoms with E-state index in [1.54, 1.807) is 11.0 Å². The number of amides is 2. The number of hydrogen-bond acceptors (Lipinski definition) is 3. The van der Waals surface area contributed by atoms with E-state index in [0.717, 1.165) is 6.42 Å². The lowest BCUT2D eigenvalue weighted by Crippen LogP contribution is -2.53. The summed E-state index contributed by atoms with van der Waals surface area (Å²) < 4.78 is 0. The van der Waals surface area contributed by atoms with Gasteiger partial charge in [0, 0.05) is 49.9 Å². The number of aromatic nitrogens is 1. The largest absolute Gasteiger partial charge is 0.336 e. The summed E-state index contributed by atoms with van der Waals surface area (Å²) in [7, 11) is 0. The SMILES string of the molecule is O=C(c1cc[nH]c(=O)c1)N1CCN2C(=O)CCC2C1. The average molecular weight is 261 g/mol. The fourth-order valence-corrected chi connectivity index (χ4v) is 2.81. The molecule has 3 rings (SSSR count). The average Bonchev–Trinajstić information content (AvgIpc) is 2.79. The van der Waals surface area contributed by atoms with E-state index < -0.39 is 0 Å². The van der Waals surface area contributed by atoms with Gasteiger partial charge in [-0.1, -0.05) is 0 Å². The first-order chi connectivity index (χ1) is 9.15. The maximum atomic E-state index is 12.3. The molecule has 0 saturated carbocycles. The zero-order valence-corrected chi connectivity index (χ0v) is 10.5. The van der Waals surface area contributed by atoms with Gasteiger partial charge in [0.1, 0.15) is 0 Å². The number of rotatable bonds is 1. The fraction of sp³-hybridized carbons (Fsp3) is 0.462. The van der Waals surface area contributed by atoms with Crippen molar-refractivity contribution in [1.29, 1.82) is 0 Å². The molecular formula is C13H15N3O3. The van der Waals surface area contributed by atoms with Crippen LogP contribution in [0.25, 0.3) is 0 Å². The molecule has 1 N–H and O–H groups in total. The van der Waals surface area contributed by atoms with Crippen molar-refractivity contribution >= 4 is 11.8 Å². The maximum absolute atomic E-state index is 12.3. The number of carbonyl (C=O) groups is 2. The molecule has 6 nitrogen and oxygen atoms in total. The molecule has 1 aromatic heterocycles. The first kappa shape index (κ1) is 12.0. The third-order valence-corrected chi connectivity index (χ3v) is 3.80. The fourth-order valence-electron chi connectivity index (χ4n) is 2.81. The number of pyridine rings is 1. The highest BCUT2D eigenvalue weighted by Gasteiger charge is 2.36. The predicted molar refractivity (Wildman–Crippen MR) is 67.7 cm³/mol. The second-order valence-corrected chi connectivity index (χ2v) is 4.97. The summed E-state index contributed by atoms with van der Waals surface area (Å²) >= 11 is 0. The van der Waals surface area contributed by atoms with E-state index >= 15 is 0 Å². The molecule has 1 unspecified atom stereocenters. The summed E-state index contributed by atoms with van der Waals surface area (Å²) in [5, 5.41) is 0. The van der Waals surface area contributed by atoms with Crippen LogP contribution in [0.4, 0.5) is 0 Å². The molecule has 3 heterocycles. The zero-order chi connectivity index (χ0) is 13.4.